The Morgan fingerprint density at radius 3 is 2.20 bits per heavy atom. The van der Waals surface area contributed by atoms with Gasteiger partial charge in [-0.2, -0.15) is 0 Å². The molecule has 0 amide bonds. The summed E-state index contributed by atoms with van der Waals surface area (Å²) in [6.07, 6.45) is 0. The third-order valence-corrected chi connectivity index (χ3v) is 3.25. The third kappa shape index (κ3) is 2.87. The number of hydrogen-bond donors (Lipinski definition) is 0. The number of hydrogen-bond acceptors (Lipinski definition) is 2. The first-order valence-corrected chi connectivity index (χ1v) is 6.51. The summed E-state index contributed by atoms with van der Waals surface area (Å²) in [5.41, 5.74) is 2.18. The molecule has 0 unspecified atom stereocenters. The van der Waals surface area contributed by atoms with Crippen LogP contribution in [0.4, 0.5) is 4.39 Å². The van der Waals surface area contributed by atoms with Crippen LogP contribution >= 0.6 is 0 Å². The normalized spacial score (nSPS) is 10.7. The molecule has 0 heterocycles. The Balaban J connectivity index is 2.31. The predicted octanol–water partition coefficient (Wildman–Crippen LogP) is 4.19. The van der Waals surface area contributed by atoms with Gasteiger partial charge in [-0.05, 0) is 29.7 Å². The van der Waals surface area contributed by atoms with Crippen molar-refractivity contribution in [3.05, 3.63) is 65.0 Å². The van der Waals surface area contributed by atoms with Crippen LogP contribution in [0.2, 0.25) is 0 Å². The molecule has 0 saturated heterocycles. The van der Waals surface area contributed by atoms with E-state index in [0.29, 0.717) is 17.0 Å². The van der Waals surface area contributed by atoms with Crippen molar-refractivity contribution in [3.63, 3.8) is 0 Å². The lowest BCUT2D eigenvalue weighted by Crippen LogP contribution is -2.03. The first-order chi connectivity index (χ1) is 9.52. The first-order valence-electron chi connectivity index (χ1n) is 6.51. The summed E-state index contributed by atoms with van der Waals surface area (Å²) >= 11 is 0. The maximum absolute atomic E-state index is 13.3. The van der Waals surface area contributed by atoms with Crippen molar-refractivity contribution in [1.29, 1.82) is 0 Å². The molecule has 0 saturated carbocycles. The highest BCUT2D eigenvalue weighted by Gasteiger charge is 2.12. The van der Waals surface area contributed by atoms with Gasteiger partial charge in [-0.25, -0.2) is 4.39 Å². The molecular formula is C17H17FO2. The van der Waals surface area contributed by atoms with E-state index in [1.165, 1.54) is 30.9 Å². The largest absolute Gasteiger partial charge is 0.494 e. The number of ketones is 1. The van der Waals surface area contributed by atoms with E-state index in [2.05, 4.69) is 13.8 Å². The van der Waals surface area contributed by atoms with Crippen LogP contribution in [0.3, 0.4) is 0 Å². The standard InChI is InChI=1S/C17H17FO2/c1-11(2)12-4-6-13(7-5-12)17(19)14-8-9-15(18)16(10-14)20-3/h4-11H,1-3H3. The Kier molecular flexibility index (Phi) is 4.18. The molecule has 0 atom stereocenters. The molecule has 0 aliphatic heterocycles. The summed E-state index contributed by atoms with van der Waals surface area (Å²) in [5.74, 6) is -0.113. The molecule has 3 heteroatoms. The fraction of sp³-hybridized carbons (Fsp3) is 0.235. The Hall–Kier alpha value is -2.16. The van der Waals surface area contributed by atoms with Gasteiger partial charge in [-0.3, -0.25) is 4.79 Å². The van der Waals surface area contributed by atoms with E-state index < -0.39 is 5.82 Å². The molecule has 0 fully saturated rings. The van der Waals surface area contributed by atoms with Crippen LogP contribution in [0, 0.1) is 5.82 Å². The van der Waals surface area contributed by atoms with Crippen LogP contribution in [0.5, 0.6) is 5.75 Å². The number of halogens is 1. The molecule has 2 aromatic carbocycles. The first kappa shape index (κ1) is 14.3. The predicted molar refractivity (Wildman–Crippen MR) is 76.9 cm³/mol. The lowest BCUT2D eigenvalue weighted by Gasteiger charge is -2.08. The van der Waals surface area contributed by atoms with E-state index in [-0.39, 0.29) is 11.5 Å². The van der Waals surface area contributed by atoms with Gasteiger partial charge < -0.3 is 4.74 Å². The van der Waals surface area contributed by atoms with Crippen LogP contribution in [0.1, 0.15) is 41.3 Å². The number of methoxy groups -OCH3 is 1. The van der Waals surface area contributed by atoms with Crippen molar-refractivity contribution in [2.75, 3.05) is 7.11 Å². The van der Waals surface area contributed by atoms with Crippen molar-refractivity contribution in [3.8, 4) is 5.75 Å². The lowest BCUT2D eigenvalue weighted by molar-refractivity contribution is 0.103. The van der Waals surface area contributed by atoms with Gasteiger partial charge in [0.25, 0.3) is 0 Å². The van der Waals surface area contributed by atoms with Crippen LogP contribution < -0.4 is 4.74 Å². The Morgan fingerprint density at radius 2 is 1.65 bits per heavy atom. The zero-order valence-electron chi connectivity index (χ0n) is 11.8. The zero-order chi connectivity index (χ0) is 14.7. The van der Waals surface area contributed by atoms with Crippen molar-refractivity contribution in [2.24, 2.45) is 0 Å². The molecule has 0 N–H and O–H groups in total. The van der Waals surface area contributed by atoms with Gasteiger partial charge in [0.05, 0.1) is 7.11 Å². The van der Waals surface area contributed by atoms with Crippen molar-refractivity contribution < 1.29 is 13.9 Å². The van der Waals surface area contributed by atoms with Gasteiger partial charge >= 0.3 is 0 Å². The van der Waals surface area contributed by atoms with Gasteiger partial charge in [0.2, 0.25) is 0 Å². The van der Waals surface area contributed by atoms with Crippen LogP contribution in [0.15, 0.2) is 42.5 Å². The van der Waals surface area contributed by atoms with Gasteiger partial charge in [-0.15, -0.1) is 0 Å². The molecule has 0 bridgehead atoms. The van der Waals surface area contributed by atoms with E-state index in [0.717, 1.165) is 0 Å². The van der Waals surface area contributed by atoms with Crippen molar-refractivity contribution in [1.82, 2.24) is 0 Å². The molecule has 0 aliphatic rings. The van der Waals surface area contributed by atoms with E-state index in [1.807, 2.05) is 12.1 Å². The summed E-state index contributed by atoms with van der Waals surface area (Å²) in [5, 5.41) is 0. The number of benzene rings is 2. The molecule has 0 aliphatic carbocycles. The maximum atomic E-state index is 13.3. The van der Waals surface area contributed by atoms with Crippen LogP contribution in [-0.2, 0) is 0 Å². The van der Waals surface area contributed by atoms with Gasteiger partial charge in [0, 0.05) is 11.1 Å². The summed E-state index contributed by atoms with van der Waals surface area (Å²) < 4.78 is 18.2. The fourth-order valence-electron chi connectivity index (χ4n) is 1.99. The maximum Gasteiger partial charge on any atom is 0.193 e. The smallest absolute Gasteiger partial charge is 0.193 e. The van der Waals surface area contributed by atoms with E-state index in [4.69, 9.17) is 4.74 Å². The summed E-state index contributed by atoms with van der Waals surface area (Å²) in [6.45, 7) is 4.20. The van der Waals surface area contributed by atoms with Crippen molar-refractivity contribution >= 4 is 5.78 Å². The van der Waals surface area contributed by atoms with Gasteiger partial charge in [-0.1, -0.05) is 38.1 Å². The van der Waals surface area contributed by atoms with Crippen LogP contribution in [-0.4, -0.2) is 12.9 Å². The van der Waals surface area contributed by atoms with E-state index in [9.17, 15) is 9.18 Å². The summed E-state index contributed by atoms with van der Waals surface area (Å²) in [7, 11) is 1.38. The van der Waals surface area contributed by atoms with E-state index >= 15 is 0 Å². The number of carbonyl (C=O) groups is 1. The molecule has 2 nitrogen and oxygen atoms in total. The van der Waals surface area contributed by atoms with Crippen molar-refractivity contribution in [2.45, 2.75) is 19.8 Å². The van der Waals surface area contributed by atoms with Gasteiger partial charge in [0.15, 0.2) is 17.3 Å². The quantitative estimate of drug-likeness (QED) is 0.780. The monoisotopic (exact) mass is 272 g/mol. The zero-order valence-corrected chi connectivity index (χ0v) is 11.8. The summed E-state index contributed by atoms with van der Waals surface area (Å²) in [6, 6.07) is 11.6. The highest BCUT2D eigenvalue weighted by atomic mass is 19.1. The minimum atomic E-state index is -0.473. The Labute approximate surface area is 118 Å². The molecule has 0 aromatic heterocycles. The molecular weight excluding hydrogens is 255 g/mol. The van der Waals surface area contributed by atoms with Crippen LogP contribution in [0.25, 0.3) is 0 Å². The number of carbonyl (C=O) groups excluding carboxylic acids is 1. The molecule has 20 heavy (non-hydrogen) atoms. The third-order valence-electron chi connectivity index (χ3n) is 3.25. The Morgan fingerprint density at radius 1 is 1.05 bits per heavy atom. The Bertz CT molecular complexity index is 615. The molecule has 0 radical (unpaired) electrons. The average molecular weight is 272 g/mol. The molecule has 0 spiro atoms. The minimum Gasteiger partial charge on any atom is -0.494 e. The minimum absolute atomic E-state index is 0.0784. The summed E-state index contributed by atoms with van der Waals surface area (Å²) in [4.78, 5) is 12.3. The molecule has 2 aromatic rings. The topological polar surface area (TPSA) is 26.3 Å². The van der Waals surface area contributed by atoms with Gasteiger partial charge in [0.1, 0.15) is 0 Å². The van der Waals surface area contributed by atoms with E-state index in [1.54, 1.807) is 12.1 Å². The fourth-order valence-corrected chi connectivity index (χ4v) is 1.99. The molecule has 2 rings (SSSR count). The second kappa shape index (κ2) is 5.87. The second-order valence-corrected chi connectivity index (χ2v) is 4.96. The molecule has 104 valence electrons. The second-order valence-electron chi connectivity index (χ2n) is 4.96. The average Bonchev–Trinajstić information content (AvgIpc) is 2.47. The highest BCUT2D eigenvalue weighted by molar-refractivity contribution is 6.09. The SMILES string of the molecule is COc1cc(C(=O)c2ccc(C(C)C)cc2)ccc1F. The highest BCUT2D eigenvalue weighted by Crippen LogP contribution is 2.21. The number of ether oxygens (including phenoxy) is 1. The number of rotatable bonds is 4. The lowest BCUT2D eigenvalue weighted by atomic mass is 9.98.